The van der Waals surface area contributed by atoms with Gasteiger partial charge in [-0.05, 0) is 41.7 Å². The molecule has 0 bridgehead atoms. The summed E-state index contributed by atoms with van der Waals surface area (Å²) in [7, 11) is 1.87. The average Bonchev–Trinajstić information content (AvgIpc) is 3.32. The second-order valence-electron chi connectivity index (χ2n) is 7.84. The maximum absolute atomic E-state index is 12.6. The monoisotopic (exact) mass is 388 g/mol. The Morgan fingerprint density at radius 2 is 2.37 bits per heavy atom. The van der Waals surface area contributed by atoms with Crippen molar-refractivity contribution in [1.82, 2.24) is 19.4 Å². The summed E-state index contributed by atoms with van der Waals surface area (Å²) in [5.41, 5.74) is 1.57. The Bertz CT molecular complexity index is 727. The Kier molecular flexibility index (Phi) is 5.61. The number of hydrogen-bond donors (Lipinski definition) is 0. The van der Waals surface area contributed by atoms with Crippen molar-refractivity contribution in [1.29, 1.82) is 0 Å². The minimum Gasteiger partial charge on any atom is -0.374 e. The second kappa shape index (κ2) is 8.12. The number of nitrogens with zero attached hydrogens (tertiary/aromatic N) is 4. The number of ether oxygens (including phenoxy) is 1. The van der Waals surface area contributed by atoms with Crippen LogP contribution in [0.15, 0.2) is 35.5 Å². The Balaban J connectivity index is 1.31. The molecule has 1 aliphatic heterocycles. The zero-order chi connectivity index (χ0) is 18.7. The molecule has 1 amide bonds. The van der Waals surface area contributed by atoms with Crippen LogP contribution in [0.4, 0.5) is 0 Å². The van der Waals surface area contributed by atoms with E-state index in [4.69, 9.17) is 4.74 Å². The van der Waals surface area contributed by atoms with Gasteiger partial charge in [0.05, 0.1) is 25.5 Å². The molecule has 146 valence electrons. The van der Waals surface area contributed by atoms with Crippen molar-refractivity contribution in [3.8, 4) is 0 Å². The normalized spacial score (nSPS) is 21.9. The quantitative estimate of drug-likeness (QED) is 0.732. The van der Waals surface area contributed by atoms with Gasteiger partial charge in [-0.25, -0.2) is 4.98 Å². The molecule has 0 N–H and O–H groups in total. The minimum absolute atomic E-state index is 0.0157. The molecular weight excluding hydrogens is 360 g/mol. The van der Waals surface area contributed by atoms with Gasteiger partial charge in [-0.1, -0.05) is 0 Å². The van der Waals surface area contributed by atoms with E-state index in [9.17, 15) is 4.79 Å². The molecular formula is C20H28N4O2S. The zero-order valence-corrected chi connectivity index (χ0v) is 16.7. The Morgan fingerprint density at radius 1 is 1.48 bits per heavy atom. The van der Waals surface area contributed by atoms with Crippen LogP contribution in [-0.2, 0) is 22.6 Å². The number of rotatable bonds is 7. The summed E-state index contributed by atoms with van der Waals surface area (Å²) >= 11 is 1.75. The van der Waals surface area contributed by atoms with Crippen LogP contribution in [0.25, 0.3) is 0 Å². The Labute approximate surface area is 164 Å². The summed E-state index contributed by atoms with van der Waals surface area (Å²) in [5.74, 6) is 0.153. The van der Waals surface area contributed by atoms with E-state index >= 15 is 0 Å². The maximum atomic E-state index is 12.6. The van der Waals surface area contributed by atoms with Gasteiger partial charge in [0.25, 0.3) is 0 Å². The van der Waals surface area contributed by atoms with Crippen LogP contribution in [-0.4, -0.2) is 63.6 Å². The first-order chi connectivity index (χ1) is 13.1. The van der Waals surface area contributed by atoms with E-state index in [0.717, 1.165) is 26.2 Å². The highest BCUT2D eigenvalue weighted by atomic mass is 32.1. The average molecular weight is 389 g/mol. The molecule has 1 aliphatic carbocycles. The highest BCUT2D eigenvalue weighted by Crippen LogP contribution is 2.42. The lowest BCUT2D eigenvalue weighted by Crippen LogP contribution is -2.62. The first-order valence-electron chi connectivity index (χ1n) is 9.72. The molecule has 7 heteroatoms. The molecule has 0 radical (unpaired) electrons. The van der Waals surface area contributed by atoms with E-state index in [1.165, 1.54) is 24.8 Å². The summed E-state index contributed by atoms with van der Waals surface area (Å²) in [6, 6.07) is 2.20. The van der Waals surface area contributed by atoms with Crippen molar-refractivity contribution in [3.63, 3.8) is 0 Å². The van der Waals surface area contributed by atoms with Crippen LogP contribution in [0, 0.1) is 0 Å². The van der Waals surface area contributed by atoms with E-state index < -0.39 is 0 Å². The van der Waals surface area contributed by atoms with E-state index in [1.807, 2.05) is 17.8 Å². The summed E-state index contributed by atoms with van der Waals surface area (Å²) in [5, 5.41) is 4.37. The number of aromatic nitrogens is 2. The first kappa shape index (κ1) is 18.7. The molecule has 1 saturated carbocycles. The van der Waals surface area contributed by atoms with E-state index in [1.54, 1.807) is 28.8 Å². The van der Waals surface area contributed by atoms with E-state index in [2.05, 4.69) is 26.7 Å². The van der Waals surface area contributed by atoms with Gasteiger partial charge in [0, 0.05) is 51.2 Å². The predicted molar refractivity (Wildman–Crippen MR) is 106 cm³/mol. The van der Waals surface area contributed by atoms with E-state index in [0.29, 0.717) is 13.0 Å². The number of likely N-dealkylation sites (N-methyl/N-ethyl adjacent to an activating group) is 1. The highest BCUT2D eigenvalue weighted by molar-refractivity contribution is 7.07. The number of morpholine rings is 1. The SMILES string of the molecule is CN(CCn1ccnc1)C(=O)CC1CN(Cc2ccsc2)C2(CCC2)CO1. The number of carbonyl (C=O) groups excluding carboxylic acids is 1. The third-order valence-electron chi connectivity index (χ3n) is 6.00. The summed E-state index contributed by atoms with van der Waals surface area (Å²) in [6.45, 7) is 4.02. The van der Waals surface area contributed by atoms with Crippen molar-refractivity contribution in [2.75, 3.05) is 26.7 Å². The van der Waals surface area contributed by atoms with Gasteiger partial charge in [0.15, 0.2) is 0 Å². The predicted octanol–water partition coefficient (Wildman–Crippen LogP) is 2.62. The standard InChI is InChI=1S/C20H28N4O2S/c1-22(8-9-23-7-6-21-16-23)19(25)11-18-13-24(12-17-3-10-27-14-17)20(15-26-18)4-2-5-20/h3,6-7,10,14,16,18H,2,4-5,8-9,11-13,15H2,1H3. The van der Waals surface area contributed by atoms with E-state index in [-0.39, 0.29) is 17.6 Å². The van der Waals surface area contributed by atoms with Crippen LogP contribution in [0.1, 0.15) is 31.2 Å². The van der Waals surface area contributed by atoms with Gasteiger partial charge < -0.3 is 14.2 Å². The first-order valence-corrected chi connectivity index (χ1v) is 10.7. The molecule has 2 aromatic heterocycles. The van der Waals surface area contributed by atoms with Crippen molar-refractivity contribution in [2.24, 2.45) is 0 Å². The van der Waals surface area contributed by atoms with Crippen molar-refractivity contribution < 1.29 is 9.53 Å². The molecule has 1 saturated heterocycles. The fourth-order valence-electron chi connectivity index (χ4n) is 4.02. The largest absolute Gasteiger partial charge is 0.374 e. The van der Waals surface area contributed by atoms with Crippen LogP contribution in [0.2, 0.25) is 0 Å². The minimum atomic E-state index is -0.0157. The molecule has 2 aromatic rings. The fraction of sp³-hybridized carbons (Fsp3) is 0.600. The third-order valence-corrected chi connectivity index (χ3v) is 6.73. The van der Waals surface area contributed by atoms with Crippen molar-refractivity contribution in [2.45, 2.75) is 50.4 Å². The number of amides is 1. The van der Waals surface area contributed by atoms with Gasteiger partial charge >= 0.3 is 0 Å². The lowest BCUT2D eigenvalue weighted by Gasteiger charge is -2.54. The molecule has 4 rings (SSSR count). The van der Waals surface area contributed by atoms with Crippen LogP contribution >= 0.6 is 11.3 Å². The number of hydrogen-bond acceptors (Lipinski definition) is 5. The van der Waals surface area contributed by atoms with Crippen LogP contribution < -0.4 is 0 Å². The van der Waals surface area contributed by atoms with Crippen molar-refractivity contribution >= 4 is 17.2 Å². The van der Waals surface area contributed by atoms with Gasteiger partial charge in [-0.3, -0.25) is 9.69 Å². The molecule has 3 heterocycles. The topological polar surface area (TPSA) is 50.6 Å². The number of carbonyl (C=O) groups is 1. The van der Waals surface area contributed by atoms with Gasteiger partial charge in [-0.2, -0.15) is 11.3 Å². The molecule has 2 fully saturated rings. The fourth-order valence-corrected chi connectivity index (χ4v) is 4.68. The van der Waals surface area contributed by atoms with Crippen LogP contribution in [0.3, 0.4) is 0 Å². The summed E-state index contributed by atoms with van der Waals surface area (Å²) < 4.78 is 8.14. The summed E-state index contributed by atoms with van der Waals surface area (Å²) in [4.78, 5) is 21.1. The molecule has 1 unspecified atom stereocenters. The highest BCUT2D eigenvalue weighted by Gasteiger charge is 2.47. The molecule has 6 nitrogen and oxygen atoms in total. The van der Waals surface area contributed by atoms with Crippen LogP contribution in [0.5, 0.6) is 0 Å². The maximum Gasteiger partial charge on any atom is 0.225 e. The molecule has 1 spiro atoms. The second-order valence-corrected chi connectivity index (χ2v) is 8.62. The lowest BCUT2D eigenvalue weighted by atomic mass is 9.74. The Hall–Kier alpha value is -1.70. The molecule has 2 aliphatic rings. The molecule has 0 aromatic carbocycles. The van der Waals surface area contributed by atoms with Crippen molar-refractivity contribution in [3.05, 3.63) is 41.1 Å². The lowest BCUT2D eigenvalue weighted by molar-refractivity contribution is -0.157. The molecule has 1 atom stereocenters. The third kappa shape index (κ3) is 4.25. The summed E-state index contributed by atoms with van der Waals surface area (Å²) in [6.07, 6.45) is 9.60. The smallest absolute Gasteiger partial charge is 0.225 e. The van der Waals surface area contributed by atoms with Gasteiger partial charge in [0.2, 0.25) is 5.91 Å². The number of imidazole rings is 1. The number of thiophene rings is 1. The zero-order valence-electron chi connectivity index (χ0n) is 15.9. The van der Waals surface area contributed by atoms with Gasteiger partial charge in [0.1, 0.15) is 0 Å². The molecule has 27 heavy (non-hydrogen) atoms. The Morgan fingerprint density at radius 3 is 3.04 bits per heavy atom. The van der Waals surface area contributed by atoms with Gasteiger partial charge in [-0.15, -0.1) is 0 Å².